The number of rotatable bonds is 15. The van der Waals surface area contributed by atoms with E-state index in [1.807, 2.05) is 20.8 Å². The summed E-state index contributed by atoms with van der Waals surface area (Å²) in [6, 6.07) is 11.6. The summed E-state index contributed by atoms with van der Waals surface area (Å²) in [5, 5.41) is 22.1. The fourth-order valence-corrected chi connectivity index (χ4v) is 5.26. The van der Waals surface area contributed by atoms with Crippen LogP contribution in [-0.2, 0) is 35.2 Å². The lowest BCUT2D eigenvalue weighted by atomic mass is 9.99. The largest absolute Gasteiger partial charge is 0.484 e. The van der Waals surface area contributed by atoms with E-state index in [0.29, 0.717) is 29.8 Å². The number of alkyl halides is 1. The van der Waals surface area contributed by atoms with Crippen molar-refractivity contribution in [1.82, 2.24) is 20.9 Å². The number of hydrogen-bond donors (Lipinski definition) is 6. The zero-order valence-corrected chi connectivity index (χ0v) is 28.7. The number of nitrogens with one attached hydrogen (secondary N) is 4. The number of likely N-dealkylation sites (tertiary alicyclic amines) is 1. The minimum absolute atomic E-state index is 0.0264. The molecule has 0 unspecified atom stereocenters. The van der Waals surface area contributed by atoms with Crippen molar-refractivity contribution in [1.29, 1.82) is 0 Å². The first-order valence-corrected chi connectivity index (χ1v) is 16.6. The van der Waals surface area contributed by atoms with Gasteiger partial charge in [-0.05, 0) is 69.9 Å². The molecule has 260 valence electrons. The summed E-state index contributed by atoms with van der Waals surface area (Å²) in [6.07, 6.45) is -1.32. The van der Waals surface area contributed by atoms with Crippen molar-refractivity contribution >= 4 is 57.1 Å². The van der Waals surface area contributed by atoms with Gasteiger partial charge < -0.3 is 41.7 Å². The Hall–Kier alpha value is -4.50. The van der Waals surface area contributed by atoms with E-state index in [1.165, 1.54) is 17.0 Å². The molecule has 1 aliphatic heterocycles. The van der Waals surface area contributed by atoms with E-state index < -0.39 is 66.4 Å². The molecule has 1 saturated heterocycles. The lowest BCUT2D eigenvalue weighted by Gasteiger charge is -2.32. The van der Waals surface area contributed by atoms with Crippen LogP contribution >= 0.6 is 15.9 Å². The average Bonchev–Trinajstić information content (AvgIpc) is 3.53. The summed E-state index contributed by atoms with van der Waals surface area (Å²) in [7, 11) is 0. The van der Waals surface area contributed by atoms with Crippen LogP contribution in [0.1, 0.15) is 45.6 Å². The highest BCUT2D eigenvalue weighted by atomic mass is 79.9. The molecule has 7 N–H and O–H groups in total. The number of nitrogens with zero attached hydrogens (tertiary/aromatic N) is 1. The van der Waals surface area contributed by atoms with Gasteiger partial charge in [-0.15, -0.1) is 0 Å². The smallest absolute Gasteiger partial charge is 0.258 e. The summed E-state index contributed by atoms with van der Waals surface area (Å²) >= 11 is 3.06. The summed E-state index contributed by atoms with van der Waals surface area (Å²) < 4.78 is 5.48. The number of halogens is 1. The monoisotopic (exact) mass is 730 g/mol. The molecule has 1 fully saturated rings. The summed E-state index contributed by atoms with van der Waals surface area (Å²) in [5.41, 5.74) is 6.07. The predicted octanol–water partition coefficient (Wildman–Crippen LogP) is 0.753. The van der Waals surface area contributed by atoms with Gasteiger partial charge in [-0.2, -0.15) is 0 Å². The Morgan fingerprint density at radius 1 is 1.00 bits per heavy atom. The molecule has 0 bridgehead atoms. The molecule has 3 rings (SSSR count). The molecule has 2 aromatic rings. The van der Waals surface area contributed by atoms with Crippen molar-refractivity contribution in [2.24, 2.45) is 5.73 Å². The molecule has 14 nitrogen and oxygen atoms in total. The Morgan fingerprint density at radius 2 is 1.67 bits per heavy atom. The van der Waals surface area contributed by atoms with Gasteiger partial charge in [-0.3, -0.25) is 28.8 Å². The second-order valence-corrected chi connectivity index (χ2v) is 13.0. The van der Waals surface area contributed by atoms with Crippen LogP contribution in [0.2, 0.25) is 0 Å². The van der Waals surface area contributed by atoms with Gasteiger partial charge in [-0.1, -0.05) is 46.3 Å². The third-order valence-corrected chi connectivity index (χ3v) is 7.79. The van der Waals surface area contributed by atoms with Crippen LogP contribution in [0, 0.1) is 0 Å². The third-order valence-electron chi connectivity index (χ3n) is 7.28. The maximum atomic E-state index is 13.6. The number of ether oxygens (including phenoxy) is 1. The number of carbonyl (C=O) groups is 6. The first kappa shape index (κ1) is 38.0. The lowest BCUT2D eigenvalue weighted by molar-refractivity contribution is -0.147. The van der Waals surface area contributed by atoms with Crippen molar-refractivity contribution in [2.45, 2.75) is 76.2 Å². The molecule has 4 atom stereocenters. The summed E-state index contributed by atoms with van der Waals surface area (Å²) in [5.74, 6) is -3.48. The topological polar surface area (TPSA) is 209 Å². The molecule has 6 amide bonds. The van der Waals surface area contributed by atoms with E-state index >= 15 is 0 Å². The highest BCUT2D eigenvalue weighted by molar-refractivity contribution is 9.09. The van der Waals surface area contributed by atoms with Gasteiger partial charge in [-0.25, -0.2) is 0 Å². The molecular weight excluding hydrogens is 688 g/mol. The maximum absolute atomic E-state index is 13.6. The Labute approximate surface area is 287 Å². The summed E-state index contributed by atoms with van der Waals surface area (Å²) in [6.45, 7) is 5.21. The lowest BCUT2D eigenvalue weighted by Crippen LogP contribution is -2.59. The second kappa shape index (κ2) is 17.6. The Balaban J connectivity index is 1.72. The van der Waals surface area contributed by atoms with E-state index in [0.717, 1.165) is 0 Å². The number of primary amides is 1. The van der Waals surface area contributed by atoms with Crippen LogP contribution in [0.5, 0.6) is 5.75 Å². The number of nitrogens with two attached hydrogens (primary N) is 1. The van der Waals surface area contributed by atoms with Crippen molar-refractivity contribution in [3.05, 3.63) is 60.2 Å². The van der Waals surface area contributed by atoms with E-state index in [4.69, 9.17) is 10.5 Å². The van der Waals surface area contributed by atoms with Gasteiger partial charge in [0.2, 0.25) is 23.6 Å². The summed E-state index contributed by atoms with van der Waals surface area (Å²) in [4.78, 5) is 77.6. The molecule has 0 spiro atoms. The SMILES string of the molecule is CC(C)(C)NC(=O)[C@@H]1CCCN1C(=O)[C@@H](O)[C@H](Cc1ccccc1)NC(=O)[C@H](CC(N)=O)NC(=O)COc1ccc(NC(=O)CBr)cc1. The van der Waals surface area contributed by atoms with Crippen molar-refractivity contribution in [3.63, 3.8) is 0 Å². The molecular formula is C33H43BrN6O8. The minimum Gasteiger partial charge on any atom is -0.484 e. The fraction of sp³-hybridized carbons (Fsp3) is 0.455. The van der Waals surface area contributed by atoms with E-state index in [1.54, 1.807) is 42.5 Å². The number of aliphatic hydroxyl groups excluding tert-OH is 1. The Bertz CT molecular complexity index is 1450. The molecule has 0 radical (unpaired) electrons. The first-order valence-electron chi connectivity index (χ1n) is 15.5. The quantitative estimate of drug-likeness (QED) is 0.144. The highest BCUT2D eigenvalue weighted by Gasteiger charge is 2.40. The van der Waals surface area contributed by atoms with Gasteiger partial charge >= 0.3 is 0 Å². The van der Waals surface area contributed by atoms with Crippen molar-refractivity contribution in [2.75, 3.05) is 23.8 Å². The van der Waals surface area contributed by atoms with Gasteiger partial charge in [0.05, 0.1) is 17.8 Å². The molecule has 0 aliphatic carbocycles. The third kappa shape index (κ3) is 11.9. The normalized spacial score (nSPS) is 16.2. The standard InChI is InChI=1S/C33H43BrN6O8/c1-33(2,3)39-31(46)25-10-7-15-40(25)32(47)29(44)23(16-20-8-5-4-6-9-20)38-30(45)24(17-26(35)41)37-28(43)19-48-22-13-11-21(12-14-22)36-27(42)18-34/h4-6,8-9,11-14,23-25,29,44H,7,10,15-19H2,1-3H3,(H2,35,41)(H,36,42)(H,37,43)(H,38,45)(H,39,46)/t23-,24-,25-,29-/m0/s1. The van der Waals surface area contributed by atoms with Gasteiger partial charge in [0.15, 0.2) is 12.7 Å². The zero-order chi connectivity index (χ0) is 35.4. The van der Waals surface area contributed by atoms with Crippen LogP contribution in [0.25, 0.3) is 0 Å². The molecule has 2 aromatic carbocycles. The number of hydrogen-bond acceptors (Lipinski definition) is 8. The maximum Gasteiger partial charge on any atom is 0.258 e. The van der Waals surface area contributed by atoms with Crippen LogP contribution < -0.4 is 31.7 Å². The van der Waals surface area contributed by atoms with Crippen molar-refractivity contribution < 1.29 is 38.6 Å². The van der Waals surface area contributed by atoms with Crippen molar-refractivity contribution in [3.8, 4) is 5.75 Å². The van der Waals surface area contributed by atoms with E-state index in [-0.39, 0.29) is 30.1 Å². The van der Waals surface area contributed by atoms with E-state index in [2.05, 4.69) is 37.2 Å². The van der Waals surface area contributed by atoms with Gasteiger partial charge in [0, 0.05) is 17.8 Å². The number of carbonyl (C=O) groups excluding carboxylic acids is 6. The van der Waals surface area contributed by atoms with Gasteiger partial charge in [0.25, 0.3) is 11.8 Å². The molecule has 48 heavy (non-hydrogen) atoms. The zero-order valence-electron chi connectivity index (χ0n) is 27.2. The highest BCUT2D eigenvalue weighted by Crippen LogP contribution is 2.21. The van der Waals surface area contributed by atoms with Crippen LogP contribution in [0.3, 0.4) is 0 Å². The van der Waals surface area contributed by atoms with Crippen LogP contribution in [0.4, 0.5) is 5.69 Å². The fourth-order valence-electron chi connectivity index (χ4n) is 5.12. The molecule has 0 saturated carbocycles. The second-order valence-electron chi connectivity index (χ2n) is 12.5. The number of anilines is 1. The number of benzene rings is 2. The molecule has 15 heteroatoms. The minimum atomic E-state index is -1.76. The average molecular weight is 732 g/mol. The van der Waals surface area contributed by atoms with Gasteiger partial charge in [0.1, 0.15) is 17.8 Å². The Morgan fingerprint density at radius 3 is 2.27 bits per heavy atom. The van der Waals surface area contributed by atoms with Crippen LogP contribution in [-0.4, -0.2) is 93.7 Å². The van der Waals surface area contributed by atoms with Crippen LogP contribution in [0.15, 0.2) is 54.6 Å². The first-order chi connectivity index (χ1) is 22.7. The number of amides is 6. The predicted molar refractivity (Wildman–Crippen MR) is 181 cm³/mol. The number of aliphatic hydroxyl groups is 1. The molecule has 1 aliphatic rings. The Kier molecular flexibility index (Phi) is 13.9. The molecule has 0 aromatic heterocycles. The molecule has 1 heterocycles. The van der Waals surface area contributed by atoms with E-state index in [9.17, 15) is 33.9 Å².